The fourth-order valence-electron chi connectivity index (χ4n) is 3.43. The molecule has 206 valence electrons. The molecule has 0 heterocycles. The third-order valence-corrected chi connectivity index (χ3v) is 10.7. The van der Waals surface area contributed by atoms with E-state index in [1.54, 1.807) is 0 Å². The Hall–Kier alpha value is -2.72. The molecular weight excluding hydrogens is 596 g/mol. The van der Waals surface area contributed by atoms with Gasteiger partial charge in [0.1, 0.15) is 10.7 Å². The molecule has 38 heavy (non-hydrogen) atoms. The molecule has 8 nitrogen and oxygen atoms in total. The van der Waals surface area contributed by atoms with E-state index in [9.17, 15) is 42.8 Å². The quantitative estimate of drug-likeness (QED) is 0.353. The standard InChI is InChI=1S/C22H19ClF4N2O6S3/c1-13(29-38(34,35)22(25,26)27)14-6-9-16(10-7-14)36(30,31)19-11-8-15(23)12-20(19)37(32,33)21-17(24)4-3-5-18(21)28-2/h3-13,28-29H,1-2H3/t13-/m0/s1. The third kappa shape index (κ3) is 5.66. The first-order valence-electron chi connectivity index (χ1n) is 10.4. The highest BCUT2D eigenvalue weighted by molar-refractivity contribution is 7.94. The van der Waals surface area contributed by atoms with Crippen molar-refractivity contribution in [3.05, 3.63) is 77.1 Å². The first-order chi connectivity index (χ1) is 17.4. The Kier molecular flexibility index (Phi) is 8.20. The minimum absolute atomic E-state index is 0.00857. The van der Waals surface area contributed by atoms with Gasteiger partial charge in [0.15, 0.2) is 0 Å². The SMILES string of the molecule is CNc1cccc(F)c1S(=O)(=O)c1cc(Cl)ccc1S(=O)(=O)c1ccc([C@H](C)NS(=O)(=O)C(F)(F)F)cc1. The molecule has 0 saturated carbocycles. The van der Waals surface area contributed by atoms with E-state index in [2.05, 4.69) is 5.32 Å². The van der Waals surface area contributed by atoms with Gasteiger partial charge in [-0.2, -0.15) is 13.2 Å². The molecule has 0 aliphatic heterocycles. The Labute approximate surface area is 221 Å². The van der Waals surface area contributed by atoms with Gasteiger partial charge in [-0.05, 0) is 55.0 Å². The van der Waals surface area contributed by atoms with Gasteiger partial charge in [0.25, 0.3) is 0 Å². The number of hydrogen-bond donors (Lipinski definition) is 2. The fraction of sp³-hybridized carbons (Fsp3) is 0.182. The summed E-state index contributed by atoms with van der Waals surface area (Å²) >= 11 is 5.96. The van der Waals surface area contributed by atoms with E-state index < -0.39 is 66.6 Å². The van der Waals surface area contributed by atoms with Crippen molar-refractivity contribution in [1.29, 1.82) is 0 Å². The molecule has 16 heteroatoms. The van der Waals surface area contributed by atoms with Crippen LogP contribution in [0.25, 0.3) is 0 Å². The van der Waals surface area contributed by atoms with Gasteiger partial charge in [-0.15, -0.1) is 0 Å². The van der Waals surface area contributed by atoms with E-state index in [0.717, 1.165) is 55.5 Å². The molecule has 1 atom stereocenters. The molecule has 0 amide bonds. The van der Waals surface area contributed by atoms with E-state index in [4.69, 9.17) is 11.6 Å². The summed E-state index contributed by atoms with van der Waals surface area (Å²) < 4.78 is 131. The molecule has 0 bridgehead atoms. The minimum atomic E-state index is -5.67. The zero-order chi connectivity index (χ0) is 28.7. The predicted octanol–water partition coefficient (Wildman–Crippen LogP) is 4.69. The summed E-state index contributed by atoms with van der Waals surface area (Å²) in [7, 11) is -13.7. The highest BCUT2D eigenvalue weighted by Gasteiger charge is 2.46. The molecular formula is C22H19ClF4N2O6S3. The van der Waals surface area contributed by atoms with E-state index in [1.165, 1.54) is 23.9 Å². The molecule has 0 aromatic heterocycles. The summed E-state index contributed by atoms with van der Waals surface area (Å²) in [6.45, 7) is 1.12. The van der Waals surface area contributed by atoms with Crippen molar-refractivity contribution in [3.63, 3.8) is 0 Å². The topological polar surface area (TPSA) is 126 Å². The van der Waals surface area contributed by atoms with Crippen LogP contribution in [0.5, 0.6) is 0 Å². The van der Waals surface area contributed by atoms with Crippen LogP contribution in [0, 0.1) is 5.82 Å². The average molecular weight is 615 g/mol. The second-order valence-corrected chi connectivity index (χ2v) is 13.7. The largest absolute Gasteiger partial charge is 0.511 e. The molecule has 0 radical (unpaired) electrons. The van der Waals surface area contributed by atoms with Crippen molar-refractivity contribution >= 4 is 47.0 Å². The average Bonchev–Trinajstić information content (AvgIpc) is 2.82. The van der Waals surface area contributed by atoms with Crippen LogP contribution in [0.3, 0.4) is 0 Å². The lowest BCUT2D eigenvalue weighted by atomic mass is 10.1. The van der Waals surface area contributed by atoms with E-state index in [0.29, 0.717) is 0 Å². The van der Waals surface area contributed by atoms with Gasteiger partial charge in [-0.3, -0.25) is 0 Å². The van der Waals surface area contributed by atoms with Crippen LogP contribution in [0.1, 0.15) is 18.5 Å². The number of alkyl halides is 3. The fourth-order valence-corrected chi connectivity index (χ4v) is 8.00. The molecule has 0 spiro atoms. The van der Waals surface area contributed by atoms with Crippen molar-refractivity contribution in [3.8, 4) is 0 Å². The summed E-state index contributed by atoms with van der Waals surface area (Å²) in [5.41, 5.74) is -5.69. The molecule has 3 aromatic carbocycles. The van der Waals surface area contributed by atoms with Crippen LogP contribution >= 0.6 is 11.6 Å². The van der Waals surface area contributed by atoms with Crippen LogP contribution in [0.15, 0.2) is 80.2 Å². The Morgan fingerprint density at radius 3 is 2.00 bits per heavy atom. The molecule has 3 rings (SSSR count). The monoisotopic (exact) mass is 614 g/mol. The Morgan fingerprint density at radius 2 is 1.45 bits per heavy atom. The van der Waals surface area contributed by atoms with Gasteiger partial charge < -0.3 is 5.32 Å². The van der Waals surface area contributed by atoms with Gasteiger partial charge in [0, 0.05) is 18.1 Å². The van der Waals surface area contributed by atoms with Crippen molar-refractivity contribution in [2.24, 2.45) is 0 Å². The summed E-state index contributed by atoms with van der Waals surface area (Å²) in [5, 5.41) is 2.39. The van der Waals surface area contributed by atoms with Gasteiger partial charge in [0.05, 0.1) is 20.4 Å². The highest BCUT2D eigenvalue weighted by Crippen LogP contribution is 2.37. The first kappa shape index (κ1) is 29.8. The molecule has 0 saturated heterocycles. The maximum absolute atomic E-state index is 14.7. The number of sulfonamides is 1. The summed E-state index contributed by atoms with van der Waals surface area (Å²) in [5.74, 6) is -1.14. The van der Waals surface area contributed by atoms with Gasteiger partial charge in [-0.1, -0.05) is 29.8 Å². The molecule has 2 N–H and O–H groups in total. The van der Waals surface area contributed by atoms with E-state index in [1.807, 2.05) is 0 Å². The lowest BCUT2D eigenvalue weighted by Crippen LogP contribution is -2.37. The molecule has 0 unspecified atom stereocenters. The van der Waals surface area contributed by atoms with Crippen LogP contribution < -0.4 is 10.0 Å². The zero-order valence-corrected chi connectivity index (χ0v) is 22.6. The van der Waals surface area contributed by atoms with Crippen LogP contribution in [0.4, 0.5) is 23.2 Å². The van der Waals surface area contributed by atoms with Crippen molar-refractivity contribution in [1.82, 2.24) is 4.72 Å². The van der Waals surface area contributed by atoms with Crippen molar-refractivity contribution < 1.29 is 42.8 Å². The predicted molar refractivity (Wildman–Crippen MR) is 131 cm³/mol. The molecule has 0 fully saturated rings. The molecule has 0 aliphatic carbocycles. The Morgan fingerprint density at radius 1 is 0.842 bits per heavy atom. The summed E-state index contributed by atoms with van der Waals surface area (Å²) in [6, 6.07) is 9.02. The van der Waals surface area contributed by atoms with Gasteiger partial charge >= 0.3 is 15.5 Å². The van der Waals surface area contributed by atoms with Crippen molar-refractivity contribution in [2.45, 2.75) is 38.1 Å². The highest BCUT2D eigenvalue weighted by atomic mass is 35.5. The zero-order valence-electron chi connectivity index (χ0n) is 19.4. The Bertz CT molecular complexity index is 1690. The molecule has 3 aromatic rings. The number of hydrogen-bond acceptors (Lipinski definition) is 7. The van der Waals surface area contributed by atoms with Crippen molar-refractivity contribution in [2.75, 3.05) is 12.4 Å². The second kappa shape index (κ2) is 10.4. The van der Waals surface area contributed by atoms with E-state index >= 15 is 0 Å². The van der Waals surface area contributed by atoms with Gasteiger partial charge in [-0.25, -0.2) is 34.4 Å². The van der Waals surface area contributed by atoms with Crippen LogP contribution in [-0.4, -0.2) is 37.8 Å². The minimum Gasteiger partial charge on any atom is -0.387 e. The van der Waals surface area contributed by atoms with Crippen LogP contribution in [-0.2, 0) is 29.7 Å². The maximum Gasteiger partial charge on any atom is 0.511 e. The number of sulfone groups is 2. The first-order valence-corrected chi connectivity index (χ1v) is 15.2. The van der Waals surface area contributed by atoms with Gasteiger partial charge in [0.2, 0.25) is 19.7 Å². The summed E-state index contributed by atoms with van der Waals surface area (Å²) in [6.07, 6.45) is 0. The number of anilines is 1. The number of benzene rings is 3. The number of rotatable bonds is 8. The normalized spacial score (nSPS) is 13.8. The number of nitrogens with one attached hydrogen (secondary N) is 2. The Balaban J connectivity index is 2.10. The van der Waals surface area contributed by atoms with Crippen LogP contribution in [0.2, 0.25) is 5.02 Å². The summed E-state index contributed by atoms with van der Waals surface area (Å²) in [4.78, 5) is -2.80. The maximum atomic E-state index is 14.7. The second-order valence-electron chi connectivity index (χ2n) is 7.82. The smallest absolute Gasteiger partial charge is 0.387 e. The number of halogens is 5. The third-order valence-electron chi connectivity index (χ3n) is 5.32. The lowest BCUT2D eigenvalue weighted by Gasteiger charge is -2.17. The van der Waals surface area contributed by atoms with E-state index in [-0.39, 0.29) is 16.3 Å². The lowest BCUT2D eigenvalue weighted by molar-refractivity contribution is -0.0450. The molecule has 0 aliphatic rings.